The summed E-state index contributed by atoms with van der Waals surface area (Å²) in [6, 6.07) is -0.667. The van der Waals surface area contributed by atoms with Gasteiger partial charge in [0.05, 0.1) is 39.0 Å². The number of carbonyl (C=O) groups is 4. The minimum Gasteiger partial charge on any atom is -0.377 e. The molecule has 0 aliphatic rings. The number of unbranched alkanes of at least 4 members (excludes halogenated alkanes) is 1. The smallest absolute Gasteiger partial charge is 0.243 e. The topological polar surface area (TPSA) is 184 Å². The van der Waals surface area contributed by atoms with Crippen LogP contribution in [0.2, 0.25) is 0 Å². The van der Waals surface area contributed by atoms with Gasteiger partial charge >= 0.3 is 0 Å². The summed E-state index contributed by atoms with van der Waals surface area (Å²) in [5, 5.41) is 8.19. The van der Waals surface area contributed by atoms with E-state index in [0.29, 0.717) is 32.4 Å². The van der Waals surface area contributed by atoms with Crippen molar-refractivity contribution < 1.29 is 33.4 Å². The van der Waals surface area contributed by atoms with E-state index in [4.69, 9.17) is 25.7 Å². The van der Waals surface area contributed by atoms with Crippen LogP contribution in [0.25, 0.3) is 0 Å². The van der Waals surface area contributed by atoms with Crippen molar-refractivity contribution in [1.29, 1.82) is 0 Å². The number of nitrogens with one attached hydrogen (secondary N) is 3. The SMILES string of the molecule is CC(=O)NC(CCCCNC(=O)CC(C)OCC(C)(C)N)C(=O)NCCOCCOCC(N)=O. The van der Waals surface area contributed by atoms with Crippen LogP contribution in [0, 0.1) is 0 Å². The van der Waals surface area contributed by atoms with Crippen molar-refractivity contribution in [3.63, 3.8) is 0 Å². The van der Waals surface area contributed by atoms with Crippen molar-refractivity contribution >= 4 is 23.6 Å². The van der Waals surface area contributed by atoms with Gasteiger partial charge in [-0.2, -0.15) is 0 Å². The highest BCUT2D eigenvalue weighted by Gasteiger charge is 2.19. The first-order chi connectivity index (χ1) is 15.9. The zero-order valence-corrected chi connectivity index (χ0v) is 20.9. The Morgan fingerprint density at radius 2 is 1.65 bits per heavy atom. The van der Waals surface area contributed by atoms with Gasteiger partial charge in [-0.05, 0) is 40.0 Å². The molecule has 2 atom stereocenters. The van der Waals surface area contributed by atoms with E-state index in [9.17, 15) is 19.2 Å². The van der Waals surface area contributed by atoms with Gasteiger partial charge in [-0.25, -0.2) is 0 Å². The number of hydrogen-bond donors (Lipinski definition) is 5. The van der Waals surface area contributed by atoms with Gasteiger partial charge in [0.2, 0.25) is 23.6 Å². The molecule has 0 aliphatic carbocycles. The lowest BCUT2D eigenvalue weighted by molar-refractivity contribution is -0.128. The fourth-order valence-electron chi connectivity index (χ4n) is 2.73. The first-order valence-corrected chi connectivity index (χ1v) is 11.6. The second-order valence-corrected chi connectivity index (χ2v) is 8.84. The third kappa shape index (κ3) is 20.3. The van der Waals surface area contributed by atoms with Gasteiger partial charge in [0.25, 0.3) is 0 Å². The zero-order chi connectivity index (χ0) is 26.0. The van der Waals surface area contributed by atoms with Crippen molar-refractivity contribution in [1.82, 2.24) is 16.0 Å². The normalized spacial score (nSPS) is 13.1. The van der Waals surface area contributed by atoms with Gasteiger partial charge in [-0.3, -0.25) is 19.2 Å². The maximum atomic E-state index is 12.4. The summed E-state index contributed by atoms with van der Waals surface area (Å²) in [5.41, 5.74) is 10.4. The molecule has 0 radical (unpaired) electrons. The molecule has 12 heteroatoms. The Labute approximate surface area is 202 Å². The van der Waals surface area contributed by atoms with Crippen LogP contribution in [0.15, 0.2) is 0 Å². The third-order valence-electron chi connectivity index (χ3n) is 4.31. The number of primary amides is 1. The maximum Gasteiger partial charge on any atom is 0.243 e. The first kappa shape index (κ1) is 31.7. The Hall–Kier alpha value is -2.28. The van der Waals surface area contributed by atoms with E-state index in [1.54, 1.807) is 0 Å². The van der Waals surface area contributed by atoms with E-state index in [-0.39, 0.29) is 63.2 Å². The highest BCUT2D eigenvalue weighted by Crippen LogP contribution is 2.05. The zero-order valence-electron chi connectivity index (χ0n) is 20.9. The highest BCUT2D eigenvalue weighted by atomic mass is 16.5. The lowest BCUT2D eigenvalue weighted by atomic mass is 10.1. The molecule has 0 fully saturated rings. The minimum absolute atomic E-state index is 0.112. The van der Waals surface area contributed by atoms with Crippen molar-refractivity contribution in [3.8, 4) is 0 Å². The predicted octanol–water partition coefficient (Wildman–Crippen LogP) is -1.06. The van der Waals surface area contributed by atoms with Gasteiger partial charge in [0.1, 0.15) is 12.6 Å². The van der Waals surface area contributed by atoms with Crippen LogP contribution in [-0.2, 0) is 33.4 Å². The molecule has 12 nitrogen and oxygen atoms in total. The molecule has 0 rings (SSSR count). The van der Waals surface area contributed by atoms with Crippen LogP contribution < -0.4 is 27.4 Å². The molecule has 4 amide bonds. The van der Waals surface area contributed by atoms with E-state index >= 15 is 0 Å². The molecule has 0 heterocycles. The molecular weight excluding hydrogens is 446 g/mol. The Bertz CT molecular complexity index is 625. The number of amides is 4. The molecule has 0 saturated carbocycles. The summed E-state index contributed by atoms with van der Waals surface area (Å²) in [6.07, 6.45) is 1.75. The van der Waals surface area contributed by atoms with Gasteiger partial charge < -0.3 is 41.6 Å². The number of nitrogens with two attached hydrogens (primary N) is 2. The van der Waals surface area contributed by atoms with Crippen LogP contribution in [0.1, 0.15) is 53.4 Å². The molecule has 0 aromatic rings. The molecule has 0 spiro atoms. The molecule has 0 aromatic heterocycles. The van der Waals surface area contributed by atoms with Crippen molar-refractivity contribution in [2.75, 3.05) is 46.1 Å². The van der Waals surface area contributed by atoms with E-state index in [1.807, 2.05) is 20.8 Å². The molecule has 7 N–H and O–H groups in total. The Kier molecular flexibility index (Phi) is 16.9. The average molecular weight is 490 g/mol. The summed E-state index contributed by atoms with van der Waals surface area (Å²) in [4.78, 5) is 46.3. The van der Waals surface area contributed by atoms with Gasteiger partial charge in [-0.15, -0.1) is 0 Å². The Morgan fingerprint density at radius 1 is 0.971 bits per heavy atom. The van der Waals surface area contributed by atoms with E-state index in [1.165, 1.54) is 6.92 Å². The van der Waals surface area contributed by atoms with Crippen LogP contribution in [-0.4, -0.2) is 87.4 Å². The Morgan fingerprint density at radius 3 is 2.26 bits per heavy atom. The summed E-state index contributed by atoms with van der Waals surface area (Å²) in [5.74, 6) is -1.27. The molecule has 198 valence electrons. The summed E-state index contributed by atoms with van der Waals surface area (Å²) in [6.45, 7) is 8.57. The monoisotopic (exact) mass is 489 g/mol. The molecule has 2 unspecified atom stereocenters. The Balaban J connectivity index is 4.05. The van der Waals surface area contributed by atoms with Gasteiger partial charge in [0.15, 0.2) is 0 Å². The lowest BCUT2D eigenvalue weighted by Gasteiger charge is -2.21. The van der Waals surface area contributed by atoms with Crippen LogP contribution >= 0.6 is 0 Å². The van der Waals surface area contributed by atoms with Crippen LogP contribution in [0.5, 0.6) is 0 Å². The number of ether oxygens (including phenoxy) is 3. The summed E-state index contributed by atoms with van der Waals surface area (Å²) >= 11 is 0. The number of hydrogen-bond acceptors (Lipinski definition) is 8. The molecule has 0 aliphatic heterocycles. The minimum atomic E-state index is -0.667. The largest absolute Gasteiger partial charge is 0.377 e. The molecule has 0 saturated heterocycles. The predicted molar refractivity (Wildman–Crippen MR) is 127 cm³/mol. The standard InChI is InChI=1S/C22H43N5O7/c1-16(34-15-22(3,4)24)13-20(30)25-8-6-5-7-18(27-17(2)28)21(31)26-9-10-32-11-12-33-14-19(23)29/h16,18H,5-15,24H2,1-4H3,(H2,23,29)(H,25,30)(H,26,31)(H,27,28). The quantitative estimate of drug-likeness (QED) is 0.134. The second-order valence-electron chi connectivity index (χ2n) is 8.84. The van der Waals surface area contributed by atoms with Crippen molar-refractivity contribution in [2.24, 2.45) is 11.5 Å². The third-order valence-corrected chi connectivity index (χ3v) is 4.31. The highest BCUT2D eigenvalue weighted by molar-refractivity contribution is 5.86. The molecular formula is C22H43N5O7. The number of rotatable bonds is 20. The summed E-state index contributed by atoms with van der Waals surface area (Å²) in [7, 11) is 0. The maximum absolute atomic E-state index is 12.4. The van der Waals surface area contributed by atoms with Crippen molar-refractivity contribution in [3.05, 3.63) is 0 Å². The summed E-state index contributed by atoms with van der Waals surface area (Å²) < 4.78 is 15.8. The van der Waals surface area contributed by atoms with Gasteiger partial charge in [0, 0.05) is 25.6 Å². The molecule has 0 bridgehead atoms. The van der Waals surface area contributed by atoms with E-state index in [2.05, 4.69) is 16.0 Å². The number of carbonyl (C=O) groups excluding carboxylic acids is 4. The molecule has 34 heavy (non-hydrogen) atoms. The van der Waals surface area contributed by atoms with Gasteiger partial charge in [-0.1, -0.05) is 0 Å². The molecule has 0 aromatic carbocycles. The van der Waals surface area contributed by atoms with Crippen molar-refractivity contribution in [2.45, 2.75) is 71.1 Å². The van der Waals surface area contributed by atoms with E-state index in [0.717, 1.165) is 0 Å². The average Bonchev–Trinajstić information content (AvgIpc) is 2.71. The first-order valence-electron chi connectivity index (χ1n) is 11.6. The fraction of sp³-hybridized carbons (Fsp3) is 0.818. The lowest BCUT2D eigenvalue weighted by Crippen LogP contribution is -2.46. The second kappa shape index (κ2) is 18.1. The fourth-order valence-corrected chi connectivity index (χ4v) is 2.73. The van der Waals surface area contributed by atoms with Crippen LogP contribution in [0.4, 0.5) is 0 Å². The van der Waals surface area contributed by atoms with Crippen LogP contribution in [0.3, 0.4) is 0 Å². The van der Waals surface area contributed by atoms with E-state index < -0.39 is 17.5 Å².